The molecule has 27 heavy (non-hydrogen) atoms. The summed E-state index contributed by atoms with van der Waals surface area (Å²) in [6, 6.07) is 11.8. The first kappa shape index (κ1) is 19.6. The third-order valence-corrected chi connectivity index (χ3v) is 5.24. The molecule has 0 saturated carbocycles. The minimum Gasteiger partial charge on any atom is -0.324 e. The quantitative estimate of drug-likeness (QED) is 0.572. The van der Waals surface area contributed by atoms with E-state index in [1.165, 1.54) is 18.2 Å². The maximum atomic E-state index is 12.5. The Morgan fingerprint density at radius 1 is 1.19 bits per heavy atom. The summed E-state index contributed by atoms with van der Waals surface area (Å²) in [6.45, 7) is 2.39. The molecule has 3 rings (SSSR count). The summed E-state index contributed by atoms with van der Waals surface area (Å²) in [4.78, 5) is 25.2. The fourth-order valence-electron chi connectivity index (χ4n) is 3.20. The van der Waals surface area contributed by atoms with Crippen molar-refractivity contribution in [3.63, 3.8) is 0 Å². The molecule has 1 N–H and O–H groups in total. The molecule has 0 atom stereocenters. The van der Waals surface area contributed by atoms with E-state index in [1.54, 1.807) is 0 Å². The summed E-state index contributed by atoms with van der Waals surface area (Å²) >= 11 is 12.1. The van der Waals surface area contributed by atoms with E-state index in [4.69, 9.17) is 23.2 Å². The smallest absolute Gasteiger partial charge is 0.271 e. The van der Waals surface area contributed by atoms with Crippen LogP contribution in [-0.4, -0.2) is 28.8 Å². The number of carbonyl (C=O) groups is 1. The molecule has 1 heterocycles. The Morgan fingerprint density at radius 3 is 2.59 bits per heavy atom. The van der Waals surface area contributed by atoms with Crippen LogP contribution in [0.25, 0.3) is 0 Å². The molecule has 1 fully saturated rings. The molecule has 2 aromatic rings. The average Bonchev–Trinajstić information content (AvgIpc) is 2.64. The lowest BCUT2D eigenvalue weighted by atomic mass is 9.95. The molecule has 1 saturated heterocycles. The van der Waals surface area contributed by atoms with Crippen molar-refractivity contribution in [3.05, 3.63) is 68.2 Å². The Balaban J connectivity index is 1.56. The second-order valence-corrected chi connectivity index (χ2v) is 7.43. The van der Waals surface area contributed by atoms with Gasteiger partial charge in [0, 0.05) is 29.6 Å². The third-order valence-electron chi connectivity index (χ3n) is 4.67. The highest BCUT2D eigenvalue weighted by Crippen LogP contribution is 2.28. The van der Waals surface area contributed by atoms with Crippen molar-refractivity contribution < 1.29 is 9.72 Å². The molecular formula is C19H19Cl2N3O3. The molecule has 0 unspecified atom stereocenters. The molecule has 6 nitrogen and oxygen atoms in total. The number of hydrogen-bond acceptors (Lipinski definition) is 4. The fourth-order valence-corrected chi connectivity index (χ4v) is 3.58. The zero-order chi connectivity index (χ0) is 19.4. The summed E-state index contributed by atoms with van der Waals surface area (Å²) < 4.78 is 0. The predicted molar refractivity (Wildman–Crippen MR) is 106 cm³/mol. The normalized spacial score (nSPS) is 15.5. The van der Waals surface area contributed by atoms with Crippen LogP contribution in [0.3, 0.4) is 0 Å². The Kier molecular flexibility index (Phi) is 6.31. The summed E-state index contributed by atoms with van der Waals surface area (Å²) in [5.74, 6) is -0.296. The largest absolute Gasteiger partial charge is 0.324 e. The van der Waals surface area contributed by atoms with Gasteiger partial charge in [0.15, 0.2) is 0 Å². The maximum Gasteiger partial charge on any atom is 0.271 e. The van der Waals surface area contributed by atoms with Crippen LogP contribution < -0.4 is 5.32 Å². The van der Waals surface area contributed by atoms with E-state index in [0.717, 1.165) is 43.1 Å². The van der Waals surface area contributed by atoms with Crippen molar-refractivity contribution in [1.29, 1.82) is 0 Å². The fraction of sp³-hybridized carbons (Fsp3) is 0.316. The summed E-state index contributed by atoms with van der Waals surface area (Å²) in [7, 11) is 0. The SMILES string of the molecule is O=C(Nc1cc([N+](=O)[O-])ccc1Cl)C1CCN(Cc2cccc(Cl)c2)CC1. The number of nitro groups is 1. The van der Waals surface area contributed by atoms with E-state index in [0.29, 0.717) is 0 Å². The van der Waals surface area contributed by atoms with Crippen LogP contribution in [0.15, 0.2) is 42.5 Å². The van der Waals surface area contributed by atoms with E-state index < -0.39 is 4.92 Å². The van der Waals surface area contributed by atoms with E-state index in [2.05, 4.69) is 10.2 Å². The molecule has 142 valence electrons. The monoisotopic (exact) mass is 407 g/mol. The first-order valence-corrected chi connectivity index (χ1v) is 9.39. The molecule has 0 bridgehead atoms. The summed E-state index contributed by atoms with van der Waals surface area (Å²) in [5.41, 5.74) is 1.32. The molecule has 8 heteroatoms. The number of rotatable bonds is 5. The van der Waals surface area contributed by atoms with E-state index in [9.17, 15) is 14.9 Å². The number of nitrogens with zero attached hydrogens (tertiary/aromatic N) is 2. The Bertz CT molecular complexity index is 852. The van der Waals surface area contributed by atoms with Gasteiger partial charge in [0.25, 0.3) is 5.69 Å². The number of non-ortho nitro benzene ring substituents is 1. The van der Waals surface area contributed by atoms with Crippen LogP contribution in [-0.2, 0) is 11.3 Å². The number of amides is 1. The Hall–Kier alpha value is -2.15. The lowest BCUT2D eigenvalue weighted by molar-refractivity contribution is -0.384. The summed E-state index contributed by atoms with van der Waals surface area (Å²) in [6.07, 6.45) is 1.44. The minimum absolute atomic E-state index is 0.106. The molecular weight excluding hydrogens is 389 g/mol. The number of likely N-dealkylation sites (tertiary alicyclic amines) is 1. The highest BCUT2D eigenvalue weighted by molar-refractivity contribution is 6.33. The summed E-state index contributed by atoms with van der Waals surface area (Å²) in [5, 5.41) is 14.6. The number of hydrogen-bond donors (Lipinski definition) is 1. The zero-order valence-electron chi connectivity index (χ0n) is 14.5. The van der Waals surface area contributed by atoms with Crippen LogP contribution in [0.2, 0.25) is 10.0 Å². The topological polar surface area (TPSA) is 75.5 Å². The maximum absolute atomic E-state index is 12.5. The lowest BCUT2D eigenvalue weighted by Crippen LogP contribution is -2.37. The first-order valence-electron chi connectivity index (χ1n) is 8.64. The van der Waals surface area contributed by atoms with Gasteiger partial charge in [0.2, 0.25) is 5.91 Å². The van der Waals surface area contributed by atoms with Gasteiger partial charge in [0.1, 0.15) is 0 Å². The molecule has 1 aliphatic rings. The van der Waals surface area contributed by atoms with Crippen LogP contribution in [0.1, 0.15) is 18.4 Å². The van der Waals surface area contributed by atoms with Gasteiger partial charge in [-0.15, -0.1) is 0 Å². The van der Waals surface area contributed by atoms with Gasteiger partial charge in [-0.2, -0.15) is 0 Å². The second kappa shape index (κ2) is 8.69. The molecule has 2 aromatic carbocycles. The van der Waals surface area contributed by atoms with Crippen LogP contribution >= 0.6 is 23.2 Å². The lowest BCUT2D eigenvalue weighted by Gasteiger charge is -2.31. The van der Waals surface area contributed by atoms with Gasteiger partial charge in [0.05, 0.1) is 15.6 Å². The van der Waals surface area contributed by atoms with Crippen molar-refractivity contribution >= 4 is 40.5 Å². The van der Waals surface area contributed by atoms with Crippen molar-refractivity contribution in [2.75, 3.05) is 18.4 Å². The molecule has 1 amide bonds. The van der Waals surface area contributed by atoms with Crippen molar-refractivity contribution in [1.82, 2.24) is 4.90 Å². The van der Waals surface area contributed by atoms with Gasteiger partial charge in [-0.25, -0.2) is 0 Å². The van der Waals surface area contributed by atoms with Gasteiger partial charge in [-0.3, -0.25) is 19.8 Å². The standard InChI is InChI=1S/C19H19Cl2N3O3/c20-15-3-1-2-13(10-15)12-23-8-6-14(7-9-23)19(25)22-18-11-16(24(26)27)4-5-17(18)21/h1-5,10-11,14H,6-9,12H2,(H,22,25). The predicted octanol–water partition coefficient (Wildman–Crippen LogP) is 4.75. The zero-order valence-corrected chi connectivity index (χ0v) is 16.0. The first-order chi connectivity index (χ1) is 12.9. The number of piperidine rings is 1. The van der Waals surface area contributed by atoms with Crippen molar-refractivity contribution in [2.45, 2.75) is 19.4 Å². The van der Waals surface area contributed by atoms with Crippen LogP contribution in [0.5, 0.6) is 0 Å². The molecule has 0 aliphatic carbocycles. The van der Waals surface area contributed by atoms with Crippen molar-refractivity contribution in [3.8, 4) is 0 Å². The Labute approximate surface area is 167 Å². The van der Waals surface area contributed by atoms with Gasteiger partial charge in [-0.05, 0) is 49.7 Å². The highest BCUT2D eigenvalue weighted by Gasteiger charge is 2.26. The van der Waals surface area contributed by atoms with Gasteiger partial charge < -0.3 is 5.32 Å². The Morgan fingerprint density at radius 2 is 1.93 bits per heavy atom. The molecule has 0 radical (unpaired) electrons. The van der Waals surface area contributed by atoms with Crippen LogP contribution in [0.4, 0.5) is 11.4 Å². The van der Waals surface area contributed by atoms with Crippen molar-refractivity contribution in [2.24, 2.45) is 5.92 Å². The highest BCUT2D eigenvalue weighted by atomic mass is 35.5. The van der Waals surface area contributed by atoms with Gasteiger partial charge >= 0.3 is 0 Å². The van der Waals surface area contributed by atoms with E-state index in [-0.39, 0.29) is 28.2 Å². The van der Waals surface area contributed by atoms with Gasteiger partial charge in [-0.1, -0.05) is 35.3 Å². The third kappa shape index (κ3) is 5.19. The minimum atomic E-state index is -0.514. The van der Waals surface area contributed by atoms with E-state index >= 15 is 0 Å². The number of carbonyl (C=O) groups excluding carboxylic acids is 1. The number of benzene rings is 2. The average molecular weight is 408 g/mol. The number of nitro benzene ring substituents is 1. The number of anilines is 1. The van der Waals surface area contributed by atoms with E-state index in [1.807, 2.05) is 24.3 Å². The molecule has 1 aliphatic heterocycles. The van der Waals surface area contributed by atoms with Crippen LogP contribution in [0, 0.1) is 16.0 Å². The molecule has 0 spiro atoms. The molecule has 0 aromatic heterocycles. The second-order valence-electron chi connectivity index (χ2n) is 6.59. The number of nitrogens with one attached hydrogen (secondary N) is 1. The number of halogens is 2.